The zero-order valence-electron chi connectivity index (χ0n) is 28.4. The minimum atomic E-state index is -1.10. The average Bonchev–Trinajstić information content (AvgIpc) is 3.45. The van der Waals surface area contributed by atoms with Crippen molar-refractivity contribution in [2.45, 2.75) is 54.5 Å². The summed E-state index contributed by atoms with van der Waals surface area (Å²) >= 11 is 8.97. The molecule has 0 amide bonds. The van der Waals surface area contributed by atoms with Crippen molar-refractivity contribution >= 4 is 41.3 Å². The Morgan fingerprint density at radius 2 is 1.76 bits per heavy atom. The maximum Gasteiger partial charge on any atom is 0.321 e. The quantitative estimate of drug-likeness (QED) is 0.0567. The summed E-state index contributed by atoms with van der Waals surface area (Å²) in [6, 6.07) is 10.4. The third kappa shape index (κ3) is 9.31. The minimum Gasteiger partial charge on any atom is -0.494 e. The van der Waals surface area contributed by atoms with Crippen LogP contribution in [0.5, 0.6) is 5.75 Å². The lowest BCUT2D eigenvalue weighted by molar-refractivity contribution is -0.870. The number of aliphatic carboxylic acids is 1. The van der Waals surface area contributed by atoms with Gasteiger partial charge in [0.2, 0.25) is 5.82 Å². The number of halogens is 5. The molecule has 1 aromatic heterocycles. The fourth-order valence-electron chi connectivity index (χ4n) is 5.12. The Morgan fingerprint density at radius 1 is 1.08 bits per heavy atom. The second kappa shape index (κ2) is 15.8. The number of methoxy groups -OCH3 is 1. The highest BCUT2D eigenvalue weighted by molar-refractivity contribution is 7.98. The van der Waals surface area contributed by atoms with Gasteiger partial charge in [0.25, 0.3) is 0 Å². The molecule has 4 rings (SSSR count). The van der Waals surface area contributed by atoms with Crippen LogP contribution in [0.25, 0.3) is 5.69 Å². The number of hydrogen-bond donors (Lipinski definition) is 1. The van der Waals surface area contributed by atoms with Crippen LogP contribution in [0.4, 0.5) is 17.6 Å². The number of carboxylic acids is 1. The van der Waals surface area contributed by atoms with Gasteiger partial charge in [0, 0.05) is 45.3 Å². The van der Waals surface area contributed by atoms with Gasteiger partial charge in [0.05, 0.1) is 46.7 Å². The van der Waals surface area contributed by atoms with Crippen molar-refractivity contribution in [3.05, 3.63) is 99.8 Å². The van der Waals surface area contributed by atoms with Crippen LogP contribution in [0.15, 0.2) is 64.8 Å². The number of rotatable bonds is 15. The summed E-state index contributed by atoms with van der Waals surface area (Å²) in [7, 11) is 7.42. The van der Waals surface area contributed by atoms with Gasteiger partial charge in [-0.25, -0.2) is 22.5 Å². The number of carbonyl (C=O) groups is 1. The highest BCUT2D eigenvalue weighted by atomic mass is 35.5. The molecule has 4 aromatic rings. The van der Waals surface area contributed by atoms with E-state index >= 15 is 4.39 Å². The lowest BCUT2D eigenvalue weighted by Gasteiger charge is -2.28. The van der Waals surface area contributed by atoms with Crippen molar-refractivity contribution in [2.75, 3.05) is 41.3 Å². The molecule has 0 saturated heterocycles. The first-order chi connectivity index (χ1) is 22.9. The summed E-state index contributed by atoms with van der Waals surface area (Å²) in [6.07, 6.45) is 2.33. The minimum absolute atomic E-state index is 0.0748. The van der Waals surface area contributed by atoms with Crippen molar-refractivity contribution < 1.29 is 36.7 Å². The van der Waals surface area contributed by atoms with Crippen molar-refractivity contribution in [3.8, 4) is 11.4 Å². The molecule has 7 nitrogen and oxygen atoms in total. The van der Waals surface area contributed by atoms with Crippen LogP contribution in [0.1, 0.15) is 44.0 Å². The zero-order valence-corrected chi connectivity index (χ0v) is 30.7. The smallest absolute Gasteiger partial charge is 0.321 e. The SMILES string of the molecule is COc1cc(C(C)(C)c2cnc(SCc3c(F)cc(SN(CCC[N+](C)(C)C)C(C)C(=O)O)cc3Cl)n2-c2ccc(F)cc2)cc(F)c1F. The lowest BCUT2D eigenvalue weighted by Crippen LogP contribution is -2.39. The second-order valence-electron chi connectivity index (χ2n) is 13.1. The Balaban J connectivity index is 1.65. The molecule has 0 aliphatic rings. The summed E-state index contributed by atoms with van der Waals surface area (Å²) in [6.45, 7) is 6.53. The Morgan fingerprint density at radius 3 is 2.35 bits per heavy atom. The van der Waals surface area contributed by atoms with Gasteiger partial charge in [-0.3, -0.25) is 9.36 Å². The largest absolute Gasteiger partial charge is 0.494 e. The van der Waals surface area contributed by atoms with E-state index in [9.17, 15) is 23.1 Å². The number of hydrogen-bond acceptors (Lipinski definition) is 6. The number of aromatic nitrogens is 2. The van der Waals surface area contributed by atoms with Gasteiger partial charge in [0.1, 0.15) is 17.7 Å². The molecule has 14 heteroatoms. The molecule has 49 heavy (non-hydrogen) atoms. The van der Waals surface area contributed by atoms with E-state index in [-0.39, 0.29) is 22.1 Å². The Labute approximate surface area is 297 Å². The molecule has 1 atom stereocenters. The number of ether oxygens (including phenoxy) is 1. The van der Waals surface area contributed by atoms with Crippen LogP contribution >= 0.6 is 35.3 Å². The van der Waals surface area contributed by atoms with Crippen molar-refractivity contribution in [1.82, 2.24) is 13.9 Å². The first-order valence-electron chi connectivity index (χ1n) is 15.4. The Bertz CT molecular complexity index is 1780. The van der Waals surface area contributed by atoms with Gasteiger partial charge < -0.3 is 14.3 Å². The summed E-state index contributed by atoms with van der Waals surface area (Å²) in [5, 5.41) is 10.3. The predicted molar refractivity (Wildman–Crippen MR) is 187 cm³/mol. The number of quaternary nitrogens is 1. The third-order valence-electron chi connectivity index (χ3n) is 8.07. The molecule has 1 N–H and O–H groups in total. The van der Waals surface area contributed by atoms with E-state index in [1.807, 2.05) is 13.8 Å². The van der Waals surface area contributed by atoms with Gasteiger partial charge in [-0.05, 0) is 73.0 Å². The maximum atomic E-state index is 15.7. The number of benzene rings is 3. The molecule has 0 fully saturated rings. The third-order valence-corrected chi connectivity index (χ3v) is 10.6. The van der Waals surface area contributed by atoms with E-state index in [1.165, 1.54) is 43.1 Å². The van der Waals surface area contributed by atoms with Gasteiger partial charge in [-0.2, -0.15) is 4.39 Å². The number of nitrogens with zero attached hydrogens (tertiary/aromatic N) is 4. The van der Waals surface area contributed by atoms with E-state index in [4.69, 9.17) is 16.3 Å². The first kappa shape index (κ1) is 38.6. The predicted octanol–water partition coefficient (Wildman–Crippen LogP) is 8.59. The van der Waals surface area contributed by atoms with Crippen molar-refractivity contribution in [1.29, 1.82) is 0 Å². The molecular weight excluding hydrogens is 700 g/mol. The van der Waals surface area contributed by atoms with Gasteiger partial charge in [0.15, 0.2) is 16.7 Å². The summed E-state index contributed by atoms with van der Waals surface area (Å²) < 4.78 is 67.8. The average molecular weight is 740 g/mol. The van der Waals surface area contributed by atoms with E-state index in [0.29, 0.717) is 33.5 Å². The van der Waals surface area contributed by atoms with Crippen LogP contribution in [0.2, 0.25) is 5.02 Å². The molecule has 1 heterocycles. The van der Waals surface area contributed by atoms with Crippen LogP contribution in [-0.2, 0) is 16.0 Å². The van der Waals surface area contributed by atoms with E-state index in [0.717, 1.165) is 35.5 Å². The zero-order chi connectivity index (χ0) is 36.3. The van der Waals surface area contributed by atoms with Gasteiger partial charge in [-0.1, -0.05) is 37.2 Å². The highest BCUT2D eigenvalue weighted by Gasteiger charge is 2.32. The molecular formula is C35H40ClF4N4O3S2+. The Hall–Kier alpha value is -3.23. The van der Waals surface area contributed by atoms with E-state index in [2.05, 4.69) is 26.1 Å². The molecule has 0 radical (unpaired) electrons. The summed E-state index contributed by atoms with van der Waals surface area (Å²) in [5.41, 5.74) is 0.808. The van der Waals surface area contributed by atoms with Crippen LogP contribution < -0.4 is 4.74 Å². The maximum absolute atomic E-state index is 15.7. The van der Waals surface area contributed by atoms with Crippen molar-refractivity contribution in [3.63, 3.8) is 0 Å². The van der Waals surface area contributed by atoms with Gasteiger partial charge in [-0.15, -0.1) is 0 Å². The van der Waals surface area contributed by atoms with Crippen LogP contribution in [-0.4, -0.2) is 76.8 Å². The fourth-order valence-corrected chi connectivity index (χ4v) is 7.63. The first-order valence-corrected chi connectivity index (χ1v) is 17.5. The topological polar surface area (TPSA) is 67.6 Å². The molecule has 264 valence electrons. The van der Waals surface area contributed by atoms with Crippen LogP contribution in [0, 0.1) is 23.3 Å². The molecule has 0 aliphatic heterocycles. The van der Waals surface area contributed by atoms with Crippen LogP contribution in [0.3, 0.4) is 0 Å². The summed E-state index contributed by atoms with van der Waals surface area (Å²) in [5.74, 6) is -4.33. The lowest BCUT2D eigenvalue weighted by atomic mass is 9.81. The van der Waals surface area contributed by atoms with Gasteiger partial charge >= 0.3 is 5.97 Å². The number of imidazole rings is 1. The standard InChI is InChI=1S/C35H39ClF4N4O3S2/c1-21(33(45)46)42(13-8-14-44(4,5)6)49-25-17-27(36)26(28(38)18-25)20-48-34-41-19-31(43(34)24-11-9-23(37)10-12-24)35(2,3)22-15-29(39)32(40)30(16-22)47-7/h9-12,15-19,21H,8,13-14,20H2,1-7H3/p+1. The monoisotopic (exact) mass is 739 g/mol. The molecule has 0 spiro atoms. The Kier molecular flexibility index (Phi) is 12.4. The highest BCUT2D eigenvalue weighted by Crippen LogP contribution is 2.40. The molecule has 1 unspecified atom stereocenters. The second-order valence-corrected chi connectivity index (χ2v) is 15.6. The normalized spacial score (nSPS) is 12.8. The number of thioether (sulfide) groups is 1. The van der Waals surface area contributed by atoms with E-state index < -0.39 is 40.7 Å². The molecule has 0 saturated carbocycles. The molecule has 0 aliphatic carbocycles. The molecule has 3 aromatic carbocycles. The van der Waals surface area contributed by atoms with Crippen molar-refractivity contribution in [2.24, 2.45) is 0 Å². The fraction of sp³-hybridized carbons (Fsp3) is 0.371. The number of carboxylic acid groups (broad SMARTS) is 1. The molecule has 0 bridgehead atoms. The van der Waals surface area contributed by atoms with E-state index in [1.54, 1.807) is 40.2 Å². The summed E-state index contributed by atoms with van der Waals surface area (Å²) in [4.78, 5) is 16.9.